The predicted octanol–water partition coefficient (Wildman–Crippen LogP) is 4.01. The van der Waals surface area contributed by atoms with Crippen molar-refractivity contribution in [3.8, 4) is 11.5 Å². The predicted molar refractivity (Wildman–Crippen MR) is 128 cm³/mol. The van der Waals surface area contributed by atoms with Gasteiger partial charge in [-0.1, -0.05) is 29.4 Å². The second kappa shape index (κ2) is 10.5. The Morgan fingerprint density at radius 1 is 1.19 bits per heavy atom. The van der Waals surface area contributed by atoms with Crippen molar-refractivity contribution >= 4 is 51.7 Å². The monoisotopic (exact) mass is 474 g/mol. The van der Waals surface area contributed by atoms with Gasteiger partial charge in [0.1, 0.15) is 5.25 Å². The van der Waals surface area contributed by atoms with E-state index in [0.717, 1.165) is 22.9 Å². The van der Waals surface area contributed by atoms with Crippen LogP contribution < -0.4 is 20.1 Å². The summed E-state index contributed by atoms with van der Waals surface area (Å²) in [5, 5.41) is 14.1. The summed E-state index contributed by atoms with van der Waals surface area (Å²) < 4.78 is 10.5. The summed E-state index contributed by atoms with van der Waals surface area (Å²) in [5.41, 5.74) is 2.93. The van der Waals surface area contributed by atoms with Gasteiger partial charge in [-0.2, -0.15) is 5.10 Å². The van der Waals surface area contributed by atoms with E-state index in [1.165, 1.54) is 0 Å². The quantitative estimate of drug-likeness (QED) is 0.466. The molecule has 8 nitrogen and oxygen atoms in total. The topological polar surface area (TPSA) is 101 Å². The van der Waals surface area contributed by atoms with Crippen LogP contribution in [-0.4, -0.2) is 42.2 Å². The van der Waals surface area contributed by atoms with Crippen molar-refractivity contribution in [3.05, 3.63) is 52.5 Å². The molecule has 1 aliphatic rings. The second-order valence-electron chi connectivity index (χ2n) is 6.97. The number of carbonyl (C=O) groups excluding carboxylic acids is 2. The Bertz CT molecular complexity index is 1100. The van der Waals surface area contributed by atoms with Crippen molar-refractivity contribution in [2.24, 2.45) is 10.2 Å². The maximum Gasteiger partial charge on any atom is 0.240 e. The SMILES string of the molecule is COc1ccc(/C(C)=N\N=C2/NC(=O)[C@H](CC(=O)Nc3ccc(C)c(Cl)c3)S2)cc1OC. The number of carbonyl (C=O) groups is 2. The fraction of sp³-hybridized carbons (Fsp3) is 0.273. The highest BCUT2D eigenvalue weighted by molar-refractivity contribution is 8.15. The number of methoxy groups -OCH3 is 2. The van der Waals surface area contributed by atoms with Crippen LogP contribution >= 0.6 is 23.4 Å². The molecule has 0 saturated carbocycles. The molecule has 0 bridgehead atoms. The van der Waals surface area contributed by atoms with E-state index in [-0.39, 0.29) is 18.2 Å². The zero-order chi connectivity index (χ0) is 23.3. The second-order valence-corrected chi connectivity index (χ2v) is 8.57. The molecule has 2 amide bonds. The normalized spacial score (nSPS) is 17.3. The number of hydrogen-bond acceptors (Lipinski definition) is 7. The lowest BCUT2D eigenvalue weighted by molar-refractivity contribution is -0.122. The average molecular weight is 475 g/mol. The Hall–Kier alpha value is -3.04. The summed E-state index contributed by atoms with van der Waals surface area (Å²) in [4.78, 5) is 24.6. The highest BCUT2D eigenvalue weighted by Crippen LogP contribution is 2.28. The van der Waals surface area contributed by atoms with E-state index in [4.69, 9.17) is 21.1 Å². The molecule has 3 rings (SSSR count). The molecule has 1 fully saturated rings. The minimum atomic E-state index is -0.591. The van der Waals surface area contributed by atoms with Gasteiger partial charge in [-0.3, -0.25) is 9.59 Å². The van der Waals surface area contributed by atoms with Gasteiger partial charge in [0.25, 0.3) is 0 Å². The number of anilines is 1. The first-order valence-electron chi connectivity index (χ1n) is 9.69. The van der Waals surface area contributed by atoms with Gasteiger partial charge < -0.3 is 20.1 Å². The molecule has 2 aromatic rings. The Kier molecular flexibility index (Phi) is 7.76. The molecule has 0 unspecified atom stereocenters. The third-order valence-corrected chi connectivity index (χ3v) is 6.17. The number of benzene rings is 2. The van der Waals surface area contributed by atoms with Gasteiger partial charge in [0, 0.05) is 22.7 Å². The van der Waals surface area contributed by atoms with Crippen LogP contribution in [0.5, 0.6) is 11.5 Å². The molecule has 0 aromatic heterocycles. The number of nitrogens with one attached hydrogen (secondary N) is 2. The van der Waals surface area contributed by atoms with Crippen LogP contribution in [0.1, 0.15) is 24.5 Å². The van der Waals surface area contributed by atoms with Gasteiger partial charge >= 0.3 is 0 Å². The Labute approximate surface area is 195 Å². The van der Waals surface area contributed by atoms with E-state index >= 15 is 0 Å². The van der Waals surface area contributed by atoms with Gasteiger partial charge in [0.15, 0.2) is 16.7 Å². The molecule has 1 heterocycles. The van der Waals surface area contributed by atoms with E-state index in [9.17, 15) is 9.59 Å². The molecule has 1 atom stereocenters. The van der Waals surface area contributed by atoms with E-state index < -0.39 is 5.25 Å². The molecule has 0 aliphatic carbocycles. The summed E-state index contributed by atoms with van der Waals surface area (Å²) in [7, 11) is 3.12. The minimum absolute atomic E-state index is 0.000605. The standard InChI is InChI=1S/C22H23ClN4O4S/c1-12-5-7-15(10-16(12)23)24-20(28)11-19-21(29)25-22(32-19)27-26-13(2)14-6-8-17(30-3)18(9-14)31-4/h5-10,19H,11H2,1-4H3,(H,24,28)(H,25,27,29)/b26-13-/t19-/m0/s1. The lowest BCUT2D eigenvalue weighted by Gasteiger charge is -2.09. The van der Waals surface area contributed by atoms with Gasteiger partial charge in [0.2, 0.25) is 11.8 Å². The molecule has 0 spiro atoms. The van der Waals surface area contributed by atoms with Crippen molar-refractivity contribution < 1.29 is 19.1 Å². The lowest BCUT2D eigenvalue weighted by atomic mass is 10.1. The van der Waals surface area contributed by atoms with Crippen LogP contribution in [0.3, 0.4) is 0 Å². The summed E-state index contributed by atoms with van der Waals surface area (Å²) in [5.74, 6) is 0.619. The third-order valence-electron chi connectivity index (χ3n) is 4.69. The van der Waals surface area contributed by atoms with E-state index in [1.807, 2.05) is 19.1 Å². The number of nitrogens with zero attached hydrogens (tertiary/aromatic N) is 2. The Morgan fingerprint density at radius 2 is 1.94 bits per heavy atom. The van der Waals surface area contributed by atoms with Gasteiger partial charge in [0.05, 0.1) is 19.9 Å². The highest BCUT2D eigenvalue weighted by atomic mass is 35.5. The van der Waals surface area contributed by atoms with Gasteiger partial charge in [-0.15, -0.1) is 5.10 Å². The van der Waals surface area contributed by atoms with Gasteiger partial charge in [-0.25, -0.2) is 0 Å². The van der Waals surface area contributed by atoms with Crippen LogP contribution in [0.2, 0.25) is 5.02 Å². The minimum Gasteiger partial charge on any atom is -0.493 e. The number of halogens is 1. The summed E-state index contributed by atoms with van der Waals surface area (Å²) in [6, 6.07) is 10.7. The smallest absolute Gasteiger partial charge is 0.240 e. The Morgan fingerprint density at radius 3 is 2.62 bits per heavy atom. The molecule has 0 radical (unpaired) electrons. The fourth-order valence-corrected chi connectivity index (χ4v) is 3.98. The molecule has 1 saturated heterocycles. The first-order chi connectivity index (χ1) is 15.3. The van der Waals surface area contributed by atoms with E-state index in [2.05, 4.69) is 20.8 Å². The lowest BCUT2D eigenvalue weighted by Crippen LogP contribution is -2.28. The molecule has 1 aliphatic heterocycles. The van der Waals surface area contributed by atoms with Crippen LogP contribution in [-0.2, 0) is 9.59 Å². The number of ether oxygens (including phenoxy) is 2. The number of aryl methyl sites for hydroxylation is 1. The first-order valence-corrected chi connectivity index (χ1v) is 10.9. The molecular formula is C22H23ClN4O4S. The summed E-state index contributed by atoms with van der Waals surface area (Å²) in [6.45, 7) is 3.67. The molecular weight excluding hydrogens is 452 g/mol. The average Bonchev–Trinajstić information content (AvgIpc) is 3.12. The van der Waals surface area contributed by atoms with Crippen LogP contribution in [0, 0.1) is 6.92 Å². The molecule has 2 N–H and O–H groups in total. The van der Waals surface area contributed by atoms with E-state index in [1.54, 1.807) is 45.4 Å². The maximum absolute atomic E-state index is 12.3. The fourth-order valence-electron chi connectivity index (χ4n) is 2.88. The zero-order valence-corrected chi connectivity index (χ0v) is 19.6. The molecule has 10 heteroatoms. The van der Waals surface area contributed by atoms with Crippen molar-refractivity contribution in [1.82, 2.24) is 5.32 Å². The van der Waals surface area contributed by atoms with Crippen molar-refractivity contribution in [2.75, 3.05) is 19.5 Å². The first kappa shape index (κ1) is 23.6. The zero-order valence-electron chi connectivity index (χ0n) is 18.1. The largest absolute Gasteiger partial charge is 0.493 e. The molecule has 2 aromatic carbocycles. The number of rotatable bonds is 7. The van der Waals surface area contributed by atoms with Gasteiger partial charge in [-0.05, 0) is 49.7 Å². The van der Waals surface area contributed by atoms with Crippen molar-refractivity contribution in [3.63, 3.8) is 0 Å². The Balaban J connectivity index is 1.63. The van der Waals surface area contributed by atoms with Crippen LogP contribution in [0.4, 0.5) is 5.69 Å². The maximum atomic E-state index is 12.3. The van der Waals surface area contributed by atoms with Crippen molar-refractivity contribution in [2.45, 2.75) is 25.5 Å². The van der Waals surface area contributed by atoms with Crippen LogP contribution in [0.25, 0.3) is 0 Å². The highest BCUT2D eigenvalue weighted by Gasteiger charge is 2.32. The number of amides is 2. The summed E-state index contributed by atoms with van der Waals surface area (Å²) >= 11 is 7.25. The third kappa shape index (κ3) is 5.80. The number of amidine groups is 1. The number of hydrogen-bond donors (Lipinski definition) is 2. The van der Waals surface area contributed by atoms with Crippen molar-refractivity contribution in [1.29, 1.82) is 0 Å². The van der Waals surface area contributed by atoms with Crippen LogP contribution in [0.15, 0.2) is 46.6 Å². The molecule has 32 heavy (non-hydrogen) atoms. The number of thioether (sulfide) groups is 1. The van der Waals surface area contributed by atoms with E-state index in [0.29, 0.717) is 33.1 Å². The molecule has 168 valence electrons. The summed E-state index contributed by atoms with van der Waals surface area (Å²) in [6.07, 6.45) is -0.000605.